The molecule has 2 aromatic carbocycles. The van der Waals surface area contributed by atoms with E-state index in [1.807, 2.05) is 6.07 Å². The topological polar surface area (TPSA) is 0 Å². The molecule has 0 unspecified atom stereocenters. The highest BCUT2D eigenvalue weighted by molar-refractivity contribution is 5.71. The minimum absolute atomic E-state index is 0.691. The highest BCUT2D eigenvalue weighted by atomic mass is 14.1. The van der Waals surface area contributed by atoms with Crippen molar-refractivity contribution in [3.05, 3.63) is 71.3 Å². The molecule has 0 aromatic heterocycles. The molecule has 92 valence electrons. The summed E-state index contributed by atoms with van der Waals surface area (Å²) in [7, 11) is 0. The quantitative estimate of drug-likeness (QED) is 0.651. The summed E-state index contributed by atoms with van der Waals surface area (Å²) < 4.78 is 0. The van der Waals surface area contributed by atoms with Crippen LogP contribution in [0.15, 0.2) is 54.6 Å². The van der Waals surface area contributed by atoms with Crippen LogP contribution in [-0.2, 0) is 6.42 Å². The third-order valence-electron chi connectivity index (χ3n) is 2.94. The van der Waals surface area contributed by atoms with Crippen LogP contribution in [0, 0.1) is 5.92 Å². The van der Waals surface area contributed by atoms with Gasteiger partial charge in [-0.1, -0.05) is 80.6 Å². The molecule has 0 amide bonds. The van der Waals surface area contributed by atoms with Crippen molar-refractivity contribution in [2.24, 2.45) is 5.92 Å². The van der Waals surface area contributed by atoms with Crippen LogP contribution in [0.4, 0.5) is 0 Å². The Balaban J connectivity index is 2.21. The highest BCUT2D eigenvalue weighted by Crippen LogP contribution is 2.16. The maximum Gasteiger partial charge on any atom is -0.0224 e. The van der Waals surface area contributed by atoms with Crippen molar-refractivity contribution < 1.29 is 0 Å². The summed E-state index contributed by atoms with van der Waals surface area (Å²) in [5.41, 5.74) is 4.01. The Hall–Kier alpha value is -1.82. The summed E-state index contributed by atoms with van der Waals surface area (Å²) in [4.78, 5) is 0. The molecule has 0 aliphatic rings. The van der Waals surface area contributed by atoms with Gasteiger partial charge in [-0.2, -0.15) is 0 Å². The van der Waals surface area contributed by atoms with Gasteiger partial charge in [0.1, 0.15) is 0 Å². The zero-order valence-electron chi connectivity index (χ0n) is 11.1. The molecule has 2 rings (SSSR count). The molecule has 0 nitrogen and oxygen atoms in total. The van der Waals surface area contributed by atoms with Crippen molar-refractivity contribution in [3.8, 4) is 0 Å². The monoisotopic (exact) mass is 236 g/mol. The lowest BCUT2D eigenvalue weighted by atomic mass is 9.97. The standard InChI is InChI=1S/C18H20/c1-15(2)14-18-11-7-6-10-17(18)13-12-16-8-4-3-5-9-16/h3-13,15H,14H2,1-2H3/b13-12+. The lowest BCUT2D eigenvalue weighted by molar-refractivity contribution is 0.646. The molecule has 0 heteroatoms. The van der Waals surface area contributed by atoms with Gasteiger partial charge in [-0.15, -0.1) is 0 Å². The van der Waals surface area contributed by atoms with Crippen LogP contribution in [0.25, 0.3) is 12.2 Å². The Bertz CT molecular complexity index is 507. The second-order valence-corrected chi connectivity index (χ2v) is 5.04. The minimum atomic E-state index is 0.691. The molecule has 0 saturated carbocycles. The first kappa shape index (κ1) is 12.6. The van der Waals surface area contributed by atoms with E-state index in [9.17, 15) is 0 Å². The van der Waals surface area contributed by atoms with Crippen molar-refractivity contribution in [1.82, 2.24) is 0 Å². The summed E-state index contributed by atoms with van der Waals surface area (Å²) in [5.74, 6) is 0.691. The van der Waals surface area contributed by atoms with Gasteiger partial charge in [0.15, 0.2) is 0 Å². The third-order valence-corrected chi connectivity index (χ3v) is 2.94. The fourth-order valence-electron chi connectivity index (χ4n) is 2.07. The van der Waals surface area contributed by atoms with Crippen LogP contribution in [-0.4, -0.2) is 0 Å². The molecular weight excluding hydrogens is 216 g/mol. The Morgan fingerprint density at radius 2 is 1.50 bits per heavy atom. The van der Waals surface area contributed by atoms with Gasteiger partial charge in [-0.3, -0.25) is 0 Å². The van der Waals surface area contributed by atoms with E-state index >= 15 is 0 Å². The Labute approximate surface area is 110 Å². The molecule has 0 saturated heterocycles. The van der Waals surface area contributed by atoms with E-state index in [0.717, 1.165) is 6.42 Å². The Morgan fingerprint density at radius 1 is 0.833 bits per heavy atom. The van der Waals surface area contributed by atoms with E-state index in [-0.39, 0.29) is 0 Å². The van der Waals surface area contributed by atoms with Gasteiger partial charge in [0.25, 0.3) is 0 Å². The molecule has 0 N–H and O–H groups in total. The Kier molecular flexibility index (Phi) is 4.35. The van der Waals surface area contributed by atoms with Crippen molar-refractivity contribution in [3.63, 3.8) is 0 Å². The molecular formula is C18H20. The zero-order valence-corrected chi connectivity index (χ0v) is 11.1. The number of benzene rings is 2. The lowest BCUT2D eigenvalue weighted by Gasteiger charge is -2.08. The molecule has 0 heterocycles. The van der Waals surface area contributed by atoms with Gasteiger partial charge in [0.2, 0.25) is 0 Å². The summed E-state index contributed by atoms with van der Waals surface area (Å²) >= 11 is 0. The fraction of sp³-hybridized carbons (Fsp3) is 0.222. The van der Waals surface area contributed by atoms with Crippen LogP contribution >= 0.6 is 0 Å². The first-order chi connectivity index (χ1) is 8.75. The van der Waals surface area contributed by atoms with E-state index in [1.165, 1.54) is 16.7 Å². The first-order valence-corrected chi connectivity index (χ1v) is 6.57. The van der Waals surface area contributed by atoms with E-state index < -0.39 is 0 Å². The predicted molar refractivity (Wildman–Crippen MR) is 80.4 cm³/mol. The molecule has 0 aliphatic carbocycles. The molecule has 0 fully saturated rings. The molecule has 0 radical (unpaired) electrons. The van der Waals surface area contributed by atoms with E-state index in [2.05, 4.69) is 74.5 Å². The average Bonchev–Trinajstić information content (AvgIpc) is 2.38. The van der Waals surface area contributed by atoms with Gasteiger partial charge in [-0.25, -0.2) is 0 Å². The third kappa shape index (κ3) is 3.59. The lowest BCUT2D eigenvalue weighted by Crippen LogP contribution is -1.96. The minimum Gasteiger partial charge on any atom is -0.0625 e. The number of hydrogen-bond donors (Lipinski definition) is 0. The van der Waals surface area contributed by atoms with Crippen LogP contribution in [0.5, 0.6) is 0 Å². The van der Waals surface area contributed by atoms with Crippen molar-refractivity contribution in [1.29, 1.82) is 0 Å². The fourth-order valence-corrected chi connectivity index (χ4v) is 2.07. The first-order valence-electron chi connectivity index (χ1n) is 6.57. The molecule has 2 aromatic rings. The Morgan fingerprint density at radius 3 is 2.22 bits per heavy atom. The van der Waals surface area contributed by atoms with Gasteiger partial charge in [0.05, 0.1) is 0 Å². The highest BCUT2D eigenvalue weighted by Gasteiger charge is 2.01. The second kappa shape index (κ2) is 6.20. The summed E-state index contributed by atoms with van der Waals surface area (Å²) in [6.45, 7) is 4.52. The molecule has 0 atom stereocenters. The number of rotatable bonds is 4. The summed E-state index contributed by atoms with van der Waals surface area (Å²) in [6.07, 6.45) is 5.53. The predicted octanol–water partition coefficient (Wildman–Crippen LogP) is 5.06. The largest absolute Gasteiger partial charge is 0.0625 e. The van der Waals surface area contributed by atoms with Gasteiger partial charge >= 0.3 is 0 Å². The molecule has 18 heavy (non-hydrogen) atoms. The average molecular weight is 236 g/mol. The van der Waals surface area contributed by atoms with Gasteiger partial charge in [-0.05, 0) is 29.0 Å². The molecule has 0 bridgehead atoms. The maximum absolute atomic E-state index is 2.26. The van der Waals surface area contributed by atoms with Crippen LogP contribution in [0.2, 0.25) is 0 Å². The van der Waals surface area contributed by atoms with Crippen molar-refractivity contribution in [2.75, 3.05) is 0 Å². The van der Waals surface area contributed by atoms with Crippen LogP contribution in [0.3, 0.4) is 0 Å². The smallest absolute Gasteiger partial charge is 0.0224 e. The summed E-state index contributed by atoms with van der Waals surface area (Å²) in [5, 5.41) is 0. The second-order valence-electron chi connectivity index (χ2n) is 5.04. The van der Waals surface area contributed by atoms with Crippen molar-refractivity contribution in [2.45, 2.75) is 20.3 Å². The van der Waals surface area contributed by atoms with E-state index in [0.29, 0.717) is 5.92 Å². The van der Waals surface area contributed by atoms with Crippen LogP contribution < -0.4 is 0 Å². The normalized spacial score (nSPS) is 11.3. The van der Waals surface area contributed by atoms with E-state index in [1.54, 1.807) is 0 Å². The van der Waals surface area contributed by atoms with E-state index in [4.69, 9.17) is 0 Å². The molecule has 0 spiro atoms. The van der Waals surface area contributed by atoms with Crippen LogP contribution in [0.1, 0.15) is 30.5 Å². The SMILES string of the molecule is CC(C)Cc1ccccc1/C=C/c1ccccc1. The zero-order chi connectivity index (χ0) is 12.8. The molecule has 0 aliphatic heterocycles. The van der Waals surface area contributed by atoms with Gasteiger partial charge < -0.3 is 0 Å². The summed E-state index contributed by atoms with van der Waals surface area (Å²) in [6, 6.07) is 19.1. The number of hydrogen-bond acceptors (Lipinski definition) is 0. The maximum atomic E-state index is 2.26. The van der Waals surface area contributed by atoms with Gasteiger partial charge in [0, 0.05) is 0 Å². The van der Waals surface area contributed by atoms with Crippen molar-refractivity contribution >= 4 is 12.2 Å².